The van der Waals surface area contributed by atoms with E-state index in [1.54, 1.807) is 13.3 Å². The molecule has 152 valence electrons. The largest absolute Gasteiger partial charge is 0.497 e. The number of nitriles is 1. The van der Waals surface area contributed by atoms with Gasteiger partial charge in [0, 0.05) is 29.5 Å². The summed E-state index contributed by atoms with van der Waals surface area (Å²) in [5, 5.41) is 10.6. The van der Waals surface area contributed by atoms with Crippen molar-refractivity contribution in [3.63, 3.8) is 0 Å². The number of methoxy groups -OCH3 is 1. The zero-order chi connectivity index (χ0) is 21.6. The van der Waals surface area contributed by atoms with Crippen molar-refractivity contribution < 1.29 is 4.74 Å². The van der Waals surface area contributed by atoms with Gasteiger partial charge in [-0.25, -0.2) is 4.99 Å². The van der Waals surface area contributed by atoms with Gasteiger partial charge in [-0.2, -0.15) is 5.26 Å². The van der Waals surface area contributed by atoms with Gasteiger partial charge in [-0.1, -0.05) is 66.2 Å². The Balaban J connectivity index is 1.78. The second-order valence-corrected chi connectivity index (χ2v) is 7.44. The smallest absolute Gasteiger partial charge is 0.151 e. The molecule has 0 aliphatic rings. The topological polar surface area (TPSA) is 50.3 Å². The molecule has 0 unspecified atom stereocenters. The molecule has 31 heavy (non-hydrogen) atoms. The van der Waals surface area contributed by atoms with Gasteiger partial charge in [0.15, 0.2) is 5.82 Å². The SMILES string of the molecule is COc1ccc(Cn2cc(-c3ccccc3)c(C#N)c2N=Cc2ccc(Cl)cc2)cc1. The van der Waals surface area contributed by atoms with E-state index in [-0.39, 0.29) is 0 Å². The van der Waals surface area contributed by atoms with Gasteiger partial charge in [0.25, 0.3) is 0 Å². The number of nitrogens with zero attached hydrogens (tertiary/aromatic N) is 3. The van der Waals surface area contributed by atoms with Gasteiger partial charge < -0.3 is 9.30 Å². The predicted molar refractivity (Wildman–Crippen MR) is 125 cm³/mol. The van der Waals surface area contributed by atoms with Crippen LogP contribution in [0.15, 0.2) is 90.1 Å². The monoisotopic (exact) mass is 425 g/mol. The third-order valence-corrected chi connectivity index (χ3v) is 5.22. The van der Waals surface area contributed by atoms with Crippen molar-refractivity contribution in [3.05, 3.63) is 107 Å². The fourth-order valence-corrected chi connectivity index (χ4v) is 3.49. The maximum atomic E-state index is 9.97. The highest BCUT2D eigenvalue weighted by atomic mass is 35.5. The molecule has 5 heteroatoms. The third kappa shape index (κ3) is 4.69. The zero-order valence-corrected chi connectivity index (χ0v) is 17.8. The van der Waals surface area contributed by atoms with Gasteiger partial charge in [-0.3, -0.25) is 0 Å². The molecule has 4 aromatic rings. The summed E-state index contributed by atoms with van der Waals surface area (Å²) in [6.07, 6.45) is 3.75. The van der Waals surface area contributed by atoms with Crippen LogP contribution >= 0.6 is 11.6 Å². The maximum absolute atomic E-state index is 9.97. The van der Waals surface area contributed by atoms with E-state index in [0.29, 0.717) is 22.9 Å². The van der Waals surface area contributed by atoms with Crippen molar-refractivity contribution in [2.45, 2.75) is 6.54 Å². The minimum Gasteiger partial charge on any atom is -0.497 e. The minimum absolute atomic E-state index is 0.546. The number of hydrogen-bond donors (Lipinski definition) is 0. The molecule has 0 saturated heterocycles. The number of benzene rings is 3. The number of ether oxygens (including phenoxy) is 1. The lowest BCUT2D eigenvalue weighted by molar-refractivity contribution is 0.414. The van der Waals surface area contributed by atoms with Crippen LogP contribution in [0.4, 0.5) is 5.82 Å². The van der Waals surface area contributed by atoms with Crippen LogP contribution in [0.5, 0.6) is 5.75 Å². The van der Waals surface area contributed by atoms with E-state index in [1.807, 2.05) is 89.6 Å². The highest BCUT2D eigenvalue weighted by molar-refractivity contribution is 6.30. The molecule has 0 atom stereocenters. The van der Waals surface area contributed by atoms with E-state index < -0.39 is 0 Å². The summed E-state index contributed by atoms with van der Waals surface area (Å²) in [5.41, 5.74) is 4.38. The zero-order valence-electron chi connectivity index (χ0n) is 17.0. The number of aromatic nitrogens is 1. The minimum atomic E-state index is 0.546. The first-order valence-corrected chi connectivity index (χ1v) is 10.2. The number of hydrogen-bond acceptors (Lipinski definition) is 3. The van der Waals surface area contributed by atoms with Gasteiger partial charge in [0.1, 0.15) is 17.4 Å². The molecule has 0 spiro atoms. The summed E-state index contributed by atoms with van der Waals surface area (Å²) in [7, 11) is 1.65. The van der Waals surface area contributed by atoms with Crippen LogP contribution in [0, 0.1) is 11.3 Å². The highest BCUT2D eigenvalue weighted by Gasteiger charge is 2.17. The van der Waals surface area contributed by atoms with Crippen LogP contribution in [0.2, 0.25) is 5.02 Å². The van der Waals surface area contributed by atoms with Crippen molar-refractivity contribution in [2.75, 3.05) is 7.11 Å². The van der Waals surface area contributed by atoms with E-state index >= 15 is 0 Å². The van der Waals surface area contributed by atoms with E-state index in [9.17, 15) is 5.26 Å². The number of rotatable bonds is 6. The second-order valence-electron chi connectivity index (χ2n) is 7.00. The van der Waals surface area contributed by atoms with E-state index in [0.717, 1.165) is 28.0 Å². The second kappa shape index (κ2) is 9.34. The van der Waals surface area contributed by atoms with Crippen LogP contribution in [0.3, 0.4) is 0 Å². The van der Waals surface area contributed by atoms with E-state index in [4.69, 9.17) is 21.3 Å². The molecular weight excluding hydrogens is 406 g/mol. The van der Waals surface area contributed by atoms with Gasteiger partial charge in [-0.05, 0) is 41.0 Å². The quantitative estimate of drug-likeness (QED) is 0.331. The average molecular weight is 426 g/mol. The summed E-state index contributed by atoms with van der Waals surface area (Å²) < 4.78 is 7.26. The fraction of sp³-hybridized carbons (Fsp3) is 0.0769. The first-order valence-electron chi connectivity index (χ1n) is 9.79. The molecule has 0 aliphatic carbocycles. The molecule has 4 rings (SSSR count). The molecule has 0 saturated carbocycles. The Morgan fingerprint density at radius 1 is 1.00 bits per heavy atom. The summed E-state index contributed by atoms with van der Waals surface area (Å²) in [6, 6.07) is 27.6. The normalized spacial score (nSPS) is 10.9. The van der Waals surface area contributed by atoms with Crippen molar-refractivity contribution in [3.8, 4) is 22.9 Å². The lowest BCUT2D eigenvalue weighted by atomic mass is 10.1. The van der Waals surface area contributed by atoms with Crippen molar-refractivity contribution in [1.82, 2.24) is 4.57 Å². The molecule has 1 aromatic heterocycles. The average Bonchev–Trinajstić information content (AvgIpc) is 3.17. The first-order chi connectivity index (χ1) is 15.2. The summed E-state index contributed by atoms with van der Waals surface area (Å²) in [5.74, 6) is 1.42. The van der Waals surface area contributed by atoms with Gasteiger partial charge in [0.05, 0.1) is 7.11 Å². The predicted octanol–water partition coefficient (Wildman–Crippen LogP) is 6.49. The molecule has 0 amide bonds. The first kappa shape index (κ1) is 20.5. The van der Waals surface area contributed by atoms with Gasteiger partial charge in [-0.15, -0.1) is 0 Å². The van der Waals surface area contributed by atoms with Crippen LogP contribution < -0.4 is 4.74 Å². The number of halogens is 1. The lowest BCUT2D eigenvalue weighted by Crippen LogP contribution is -1.98. The molecule has 4 nitrogen and oxygen atoms in total. The summed E-state index contributed by atoms with van der Waals surface area (Å²) in [4.78, 5) is 4.70. The third-order valence-electron chi connectivity index (χ3n) is 4.96. The Labute approximate surface area is 186 Å². The van der Waals surface area contributed by atoms with E-state index in [2.05, 4.69) is 6.07 Å². The maximum Gasteiger partial charge on any atom is 0.151 e. The Kier molecular flexibility index (Phi) is 6.16. The van der Waals surface area contributed by atoms with Crippen LogP contribution in [-0.4, -0.2) is 17.9 Å². The lowest BCUT2D eigenvalue weighted by Gasteiger charge is -2.07. The Hall–Kier alpha value is -3.81. The summed E-state index contributed by atoms with van der Waals surface area (Å²) in [6.45, 7) is 0.582. The molecule has 1 heterocycles. The van der Waals surface area contributed by atoms with Crippen molar-refractivity contribution >= 4 is 23.6 Å². The van der Waals surface area contributed by atoms with Crippen LogP contribution in [-0.2, 0) is 6.54 Å². The molecule has 0 bridgehead atoms. The Morgan fingerprint density at radius 2 is 1.71 bits per heavy atom. The molecule has 0 radical (unpaired) electrons. The highest BCUT2D eigenvalue weighted by Crippen LogP contribution is 2.33. The Morgan fingerprint density at radius 3 is 2.35 bits per heavy atom. The van der Waals surface area contributed by atoms with Gasteiger partial charge in [0.2, 0.25) is 0 Å². The van der Waals surface area contributed by atoms with Gasteiger partial charge >= 0.3 is 0 Å². The molecular formula is C26H20ClN3O. The number of aliphatic imine (C=N–C) groups is 1. The molecule has 3 aromatic carbocycles. The molecule has 0 N–H and O–H groups in total. The fourth-order valence-electron chi connectivity index (χ4n) is 3.36. The summed E-state index contributed by atoms with van der Waals surface area (Å²) >= 11 is 5.98. The standard InChI is InChI=1S/C26H20ClN3O/c1-31-23-13-9-20(10-14-23)17-30-18-25(21-5-3-2-4-6-21)24(15-28)26(30)29-16-19-7-11-22(27)12-8-19/h2-14,16,18H,17H2,1H3. The Bertz CT molecular complexity index is 1240. The molecule has 0 fully saturated rings. The molecule has 0 aliphatic heterocycles. The van der Waals surface area contributed by atoms with Crippen LogP contribution in [0.1, 0.15) is 16.7 Å². The van der Waals surface area contributed by atoms with Crippen molar-refractivity contribution in [1.29, 1.82) is 5.26 Å². The van der Waals surface area contributed by atoms with Crippen molar-refractivity contribution in [2.24, 2.45) is 4.99 Å². The van der Waals surface area contributed by atoms with Crippen LogP contribution in [0.25, 0.3) is 11.1 Å². The van der Waals surface area contributed by atoms with E-state index in [1.165, 1.54) is 0 Å².